The van der Waals surface area contributed by atoms with E-state index in [1.807, 2.05) is 30.1 Å². The zero-order valence-electron chi connectivity index (χ0n) is 14.6. The van der Waals surface area contributed by atoms with Crippen molar-refractivity contribution in [2.24, 2.45) is 4.99 Å². The first kappa shape index (κ1) is 22.2. The van der Waals surface area contributed by atoms with Crippen molar-refractivity contribution < 1.29 is 13.2 Å². The Kier molecular flexibility index (Phi) is 8.83. The molecular weight excluding hydrogens is 456 g/mol. The number of aromatic nitrogens is 1. The average Bonchev–Trinajstić information content (AvgIpc) is 2.59. The molecule has 1 heterocycles. The Balaban J connectivity index is 0.00000338. The van der Waals surface area contributed by atoms with Gasteiger partial charge in [0.25, 0.3) is 0 Å². The molecule has 0 aliphatic rings. The van der Waals surface area contributed by atoms with Crippen LogP contribution in [0.4, 0.5) is 13.2 Å². The predicted molar refractivity (Wildman–Crippen MR) is 108 cm³/mol. The number of pyridine rings is 1. The molecular formula is C18H22F3IN4. The molecule has 0 aliphatic heterocycles. The fourth-order valence-corrected chi connectivity index (χ4v) is 2.38. The maximum atomic E-state index is 12.6. The van der Waals surface area contributed by atoms with Crippen LogP contribution >= 0.6 is 24.0 Å². The van der Waals surface area contributed by atoms with Gasteiger partial charge < -0.3 is 10.2 Å². The number of guanidine groups is 1. The molecule has 2 aromatic rings. The van der Waals surface area contributed by atoms with Crippen molar-refractivity contribution >= 4 is 29.9 Å². The van der Waals surface area contributed by atoms with Gasteiger partial charge in [-0.2, -0.15) is 13.2 Å². The molecule has 0 amide bonds. The number of benzene rings is 1. The molecule has 1 aromatic heterocycles. The molecule has 1 N–H and O–H groups in total. The topological polar surface area (TPSA) is 40.5 Å². The Bertz CT molecular complexity index is 688. The summed E-state index contributed by atoms with van der Waals surface area (Å²) in [6, 6.07) is 10.9. The standard InChI is InChI=1S/C18H21F3N4.HI/c1-22-17(24-12-10-16-5-3-4-11-23-16)25(2)13-14-6-8-15(9-7-14)18(19,20)21;/h3-9,11H,10,12-13H2,1-2H3,(H,22,24);1H. The van der Waals surface area contributed by atoms with Crippen LogP contribution in [0.25, 0.3) is 0 Å². The molecule has 0 atom stereocenters. The van der Waals surface area contributed by atoms with Crippen LogP contribution in [0.2, 0.25) is 0 Å². The van der Waals surface area contributed by atoms with Crippen LogP contribution in [-0.4, -0.2) is 36.5 Å². The lowest BCUT2D eigenvalue weighted by molar-refractivity contribution is -0.137. The van der Waals surface area contributed by atoms with Gasteiger partial charge in [-0.25, -0.2) is 0 Å². The lowest BCUT2D eigenvalue weighted by atomic mass is 10.1. The van der Waals surface area contributed by atoms with Crippen molar-refractivity contribution in [3.8, 4) is 0 Å². The van der Waals surface area contributed by atoms with Gasteiger partial charge in [-0.3, -0.25) is 9.98 Å². The second-order valence-electron chi connectivity index (χ2n) is 5.60. The van der Waals surface area contributed by atoms with E-state index in [2.05, 4.69) is 15.3 Å². The highest BCUT2D eigenvalue weighted by atomic mass is 127. The number of alkyl halides is 3. The average molecular weight is 478 g/mol. The van der Waals surface area contributed by atoms with Crippen molar-refractivity contribution in [3.05, 3.63) is 65.5 Å². The molecule has 2 rings (SSSR count). The normalized spacial score (nSPS) is 11.7. The number of hydrogen-bond donors (Lipinski definition) is 1. The molecule has 8 heteroatoms. The molecule has 0 saturated carbocycles. The third kappa shape index (κ3) is 6.81. The van der Waals surface area contributed by atoms with Crippen LogP contribution in [-0.2, 0) is 19.1 Å². The van der Waals surface area contributed by atoms with E-state index in [1.165, 1.54) is 12.1 Å². The third-order valence-corrected chi connectivity index (χ3v) is 3.66. The van der Waals surface area contributed by atoms with Crippen LogP contribution in [0, 0.1) is 0 Å². The number of nitrogens with zero attached hydrogens (tertiary/aromatic N) is 3. The predicted octanol–water partition coefficient (Wildman–Crippen LogP) is 3.97. The number of halogens is 4. The molecule has 0 aliphatic carbocycles. The van der Waals surface area contributed by atoms with Crippen LogP contribution in [0.3, 0.4) is 0 Å². The number of nitrogens with one attached hydrogen (secondary N) is 1. The molecule has 0 spiro atoms. The highest BCUT2D eigenvalue weighted by Gasteiger charge is 2.29. The Morgan fingerprint density at radius 2 is 1.85 bits per heavy atom. The van der Waals surface area contributed by atoms with E-state index < -0.39 is 11.7 Å². The Hall–Kier alpha value is -1.84. The summed E-state index contributed by atoms with van der Waals surface area (Å²) in [7, 11) is 3.51. The lowest BCUT2D eigenvalue weighted by Crippen LogP contribution is -2.39. The van der Waals surface area contributed by atoms with E-state index in [0.717, 1.165) is 29.8 Å². The summed E-state index contributed by atoms with van der Waals surface area (Å²) >= 11 is 0. The van der Waals surface area contributed by atoms with E-state index in [0.29, 0.717) is 19.0 Å². The van der Waals surface area contributed by atoms with Crippen LogP contribution in [0.5, 0.6) is 0 Å². The zero-order chi connectivity index (χ0) is 18.3. The van der Waals surface area contributed by atoms with Gasteiger partial charge in [-0.15, -0.1) is 24.0 Å². The summed E-state index contributed by atoms with van der Waals surface area (Å²) < 4.78 is 37.8. The molecule has 142 valence electrons. The van der Waals surface area contributed by atoms with Gasteiger partial charge in [0, 0.05) is 45.5 Å². The SMILES string of the molecule is CN=C(NCCc1ccccn1)N(C)Cc1ccc(C(F)(F)F)cc1.I. The van der Waals surface area contributed by atoms with Crippen LogP contribution < -0.4 is 5.32 Å². The highest BCUT2D eigenvalue weighted by Crippen LogP contribution is 2.29. The van der Waals surface area contributed by atoms with E-state index in [9.17, 15) is 13.2 Å². The third-order valence-electron chi connectivity index (χ3n) is 3.66. The molecule has 26 heavy (non-hydrogen) atoms. The van der Waals surface area contributed by atoms with Gasteiger partial charge in [0.1, 0.15) is 0 Å². The van der Waals surface area contributed by atoms with E-state index in [1.54, 1.807) is 13.2 Å². The fourth-order valence-electron chi connectivity index (χ4n) is 2.38. The van der Waals surface area contributed by atoms with Crippen LogP contribution in [0.15, 0.2) is 53.7 Å². The van der Waals surface area contributed by atoms with E-state index in [-0.39, 0.29) is 24.0 Å². The Labute approximate surface area is 168 Å². The minimum atomic E-state index is -4.31. The summed E-state index contributed by atoms with van der Waals surface area (Å²) in [6.07, 6.45) is -1.80. The first-order valence-electron chi connectivity index (χ1n) is 7.88. The van der Waals surface area contributed by atoms with Gasteiger partial charge in [0.05, 0.1) is 5.56 Å². The van der Waals surface area contributed by atoms with E-state index >= 15 is 0 Å². The Morgan fingerprint density at radius 1 is 1.15 bits per heavy atom. The molecule has 1 aromatic carbocycles. The Morgan fingerprint density at radius 3 is 2.38 bits per heavy atom. The summed E-state index contributed by atoms with van der Waals surface area (Å²) in [5.74, 6) is 0.677. The zero-order valence-corrected chi connectivity index (χ0v) is 17.0. The minimum absolute atomic E-state index is 0. The van der Waals surface area contributed by atoms with Gasteiger partial charge in [-0.05, 0) is 29.8 Å². The van der Waals surface area contributed by atoms with Crippen molar-refractivity contribution in [2.45, 2.75) is 19.1 Å². The van der Waals surface area contributed by atoms with E-state index in [4.69, 9.17) is 0 Å². The summed E-state index contributed by atoms with van der Waals surface area (Å²) in [5, 5.41) is 3.23. The van der Waals surface area contributed by atoms with Crippen molar-refractivity contribution in [1.82, 2.24) is 15.2 Å². The maximum Gasteiger partial charge on any atom is 0.416 e. The molecule has 0 radical (unpaired) electrons. The highest BCUT2D eigenvalue weighted by molar-refractivity contribution is 14.0. The van der Waals surface area contributed by atoms with Crippen molar-refractivity contribution in [3.63, 3.8) is 0 Å². The van der Waals surface area contributed by atoms with Gasteiger partial charge in [0.15, 0.2) is 5.96 Å². The number of hydrogen-bond acceptors (Lipinski definition) is 2. The smallest absolute Gasteiger partial charge is 0.356 e. The maximum absolute atomic E-state index is 12.6. The molecule has 0 fully saturated rings. The largest absolute Gasteiger partial charge is 0.416 e. The second kappa shape index (κ2) is 10.3. The lowest BCUT2D eigenvalue weighted by Gasteiger charge is -2.22. The molecule has 0 saturated heterocycles. The molecule has 0 bridgehead atoms. The van der Waals surface area contributed by atoms with Crippen molar-refractivity contribution in [1.29, 1.82) is 0 Å². The summed E-state index contributed by atoms with van der Waals surface area (Å²) in [6.45, 7) is 1.13. The molecule has 0 unspecified atom stereocenters. The van der Waals surface area contributed by atoms with Crippen LogP contribution in [0.1, 0.15) is 16.8 Å². The van der Waals surface area contributed by atoms with Gasteiger partial charge in [0.2, 0.25) is 0 Å². The minimum Gasteiger partial charge on any atom is -0.356 e. The summed E-state index contributed by atoms with van der Waals surface area (Å²) in [5.41, 5.74) is 1.12. The summed E-state index contributed by atoms with van der Waals surface area (Å²) in [4.78, 5) is 10.3. The number of rotatable bonds is 5. The quantitative estimate of drug-likeness (QED) is 0.402. The fraction of sp³-hybridized carbons (Fsp3) is 0.333. The second-order valence-corrected chi connectivity index (χ2v) is 5.60. The first-order chi connectivity index (χ1) is 11.9. The van der Waals surface area contributed by atoms with Gasteiger partial charge >= 0.3 is 6.18 Å². The number of aliphatic imine (C=N–C) groups is 1. The first-order valence-corrected chi connectivity index (χ1v) is 7.88. The van der Waals surface area contributed by atoms with Gasteiger partial charge in [-0.1, -0.05) is 18.2 Å². The monoisotopic (exact) mass is 478 g/mol. The molecule has 4 nitrogen and oxygen atoms in total. The van der Waals surface area contributed by atoms with Crippen molar-refractivity contribution in [2.75, 3.05) is 20.6 Å².